The van der Waals surface area contributed by atoms with E-state index in [0.29, 0.717) is 17.7 Å². The van der Waals surface area contributed by atoms with Crippen LogP contribution in [-0.4, -0.2) is 40.2 Å². The first-order chi connectivity index (χ1) is 10.0. The Hall–Kier alpha value is -1.01. The van der Waals surface area contributed by atoms with Gasteiger partial charge in [0.05, 0.1) is 17.8 Å². The summed E-state index contributed by atoms with van der Waals surface area (Å²) in [6, 6.07) is 2.55. The molecule has 0 amide bonds. The molecule has 0 saturated heterocycles. The average Bonchev–Trinajstić information content (AvgIpc) is 3.34. The highest BCUT2D eigenvalue weighted by Gasteiger charge is 2.53. The standard InChI is InChI=1S/C15H23N3O2S/c1-10-8-13(18(2)17-10)21-9-15(11-4-5-11,14(19)20-3)16-12-6-7-12/h8,11-12,16H,4-7,9H2,1-3H3. The quantitative estimate of drug-likeness (QED) is 0.616. The Kier molecular flexibility index (Phi) is 4.01. The summed E-state index contributed by atoms with van der Waals surface area (Å²) in [7, 11) is 3.44. The molecule has 2 aliphatic rings. The number of nitrogens with zero attached hydrogens (tertiary/aromatic N) is 2. The third-order valence-corrected chi connectivity index (χ3v) is 5.55. The molecule has 6 heteroatoms. The molecule has 0 spiro atoms. The van der Waals surface area contributed by atoms with Crippen molar-refractivity contribution in [3.05, 3.63) is 11.8 Å². The zero-order chi connectivity index (χ0) is 15.0. The minimum Gasteiger partial charge on any atom is -0.468 e. The number of aryl methyl sites for hydroxylation is 2. The van der Waals surface area contributed by atoms with Crippen LogP contribution in [0.3, 0.4) is 0 Å². The second-order valence-corrected chi connectivity index (χ2v) is 7.19. The summed E-state index contributed by atoms with van der Waals surface area (Å²) in [5, 5.41) is 9.05. The van der Waals surface area contributed by atoms with Crippen LogP contribution in [-0.2, 0) is 16.6 Å². The maximum absolute atomic E-state index is 12.5. The first-order valence-corrected chi connectivity index (χ1v) is 8.53. The molecule has 0 bridgehead atoms. The van der Waals surface area contributed by atoms with E-state index in [1.165, 1.54) is 20.0 Å². The third-order valence-electron chi connectivity index (χ3n) is 4.27. The van der Waals surface area contributed by atoms with E-state index in [0.717, 1.165) is 23.6 Å². The fraction of sp³-hybridized carbons (Fsp3) is 0.733. The van der Waals surface area contributed by atoms with Crippen LogP contribution in [0.1, 0.15) is 31.4 Å². The van der Waals surface area contributed by atoms with Gasteiger partial charge in [-0.15, -0.1) is 11.8 Å². The summed E-state index contributed by atoms with van der Waals surface area (Å²) in [6.45, 7) is 1.99. The lowest BCUT2D eigenvalue weighted by atomic mass is 9.95. The molecule has 0 aliphatic heterocycles. The van der Waals surface area contributed by atoms with Gasteiger partial charge in [0.15, 0.2) is 0 Å². The van der Waals surface area contributed by atoms with E-state index in [4.69, 9.17) is 4.74 Å². The van der Waals surface area contributed by atoms with Crippen molar-refractivity contribution in [3.63, 3.8) is 0 Å². The van der Waals surface area contributed by atoms with Crippen LogP contribution in [0.25, 0.3) is 0 Å². The highest BCUT2D eigenvalue weighted by molar-refractivity contribution is 7.99. The molecule has 2 fully saturated rings. The lowest BCUT2D eigenvalue weighted by Gasteiger charge is -2.32. The fourth-order valence-electron chi connectivity index (χ4n) is 2.82. The SMILES string of the molecule is COC(=O)C(CSc1cc(C)nn1C)(NC1CC1)C1CC1. The third kappa shape index (κ3) is 3.11. The zero-order valence-corrected chi connectivity index (χ0v) is 13.7. The second-order valence-electron chi connectivity index (χ2n) is 6.19. The Morgan fingerprint density at radius 1 is 1.52 bits per heavy atom. The Morgan fingerprint density at radius 2 is 2.24 bits per heavy atom. The van der Waals surface area contributed by atoms with E-state index < -0.39 is 5.54 Å². The van der Waals surface area contributed by atoms with Crippen molar-refractivity contribution in [1.82, 2.24) is 15.1 Å². The number of aromatic nitrogens is 2. The number of carbonyl (C=O) groups is 1. The van der Waals surface area contributed by atoms with Gasteiger partial charge in [-0.25, -0.2) is 0 Å². The van der Waals surface area contributed by atoms with Gasteiger partial charge in [0.2, 0.25) is 0 Å². The molecule has 1 aromatic rings. The van der Waals surface area contributed by atoms with E-state index in [9.17, 15) is 4.79 Å². The van der Waals surface area contributed by atoms with E-state index in [2.05, 4.69) is 16.5 Å². The highest BCUT2D eigenvalue weighted by Crippen LogP contribution is 2.44. The normalized spacial score (nSPS) is 21.1. The summed E-state index contributed by atoms with van der Waals surface area (Å²) in [4.78, 5) is 12.5. The van der Waals surface area contributed by atoms with Gasteiger partial charge in [0.1, 0.15) is 5.54 Å². The van der Waals surface area contributed by atoms with Crippen molar-refractivity contribution in [2.45, 2.75) is 49.2 Å². The summed E-state index contributed by atoms with van der Waals surface area (Å²) in [5.41, 5.74) is 0.476. The molecular formula is C15H23N3O2S. The van der Waals surface area contributed by atoms with Crippen LogP contribution in [0.5, 0.6) is 0 Å². The Labute approximate surface area is 129 Å². The molecule has 21 heavy (non-hydrogen) atoms. The van der Waals surface area contributed by atoms with E-state index in [1.807, 2.05) is 18.7 Å². The van der Waals surface area contributed by atoms with Gasteiger partial charge >= 0.3 is 5.97 Å². The van der Waals surface area contributed by atoms with Gasteiger partial charge in [-0.1, -0.05) is 0 Å². The van der Waals surface area contributed by atoms with Crippen molar-refractivity contribution < 1.29 is 9.53 Å². The van der Waals surface area contributed by atoms with Crippen molar-refractivity contribution in [3.8, 4) is 0 Å². The summed E-state index contributed by atoms with van der Waals surface area (Å²) in [5.74, 6) is 1.01. The van der Waals surface area contributed by atoms with Crippen molar-refractivity contribution in [1.29, 1.82) is 0 Å². The van der Waals surface area contributed by atoms with Crippen molar-refractivity contribution >= 4 is 17.7 Å². The van der Waals surface area contributed by atoms with E-state index in [-0.39, 0.29) is 5.97 Å². The topological polar surface area (TPSA) is 56.1 Å². The van der Waals surface area contributed by atoms with E-state index >= 15 is 0 Å². The molecule has 1 heterocycles. The zero-order valence-electron chi connectivity index (χ0n) is 12.9. The number of ether oxygens (including phenoxy) is 1. The number of rotatable bonds is 7. The number of thioether (sulfide) groups is 1. The number of esters is 1. The molecule has 1 unspecified atom stereocenters. The van der Waals surface area contributed by atoms with Crippen LogP contribution < -0.4 is 5.32 Å². The first-order valence-electron chi connectivity index (χ1n) is 7.54. The molecule has 1 aromatic heterocycles. The molecule has 2 aliphatic carbocycles. The maximum Gasteiger partial charge on any atom is 0.327 e. The van der Waals surface area contributed by atoms with Gasteiger partial charge in [-0.05, 0) is 44.6 Å². The molecule has 0 aromatic carbocycles. The predicted molar refractivity (Wildman–Crippen MR) is 82.3 cm³/mol. The lowest BCUT2D eigenvalue weighted by molar-refractivity contribution is -0.148. The Balaban J connectivity index is 1.77. The number of hydrogen-bond donors (Lipinski definition) is 1. The molecule has 1 atom stereocenters. The predicted octanol–water partition coefficient (Wildman–Crippen LogP) is 1.89. The fourth-order valence-corrected chi connectivity index (χ4v) is 4.12. The molecular weight excluding hydrogens is 286 g/mol. The van der Waals surface area contributed by atoms with Gasteiger partial charge in [-0.2, -0.15) is 5.10 Å². The van der Waals surface area contributed by atoms with Gasteiger partial charge in [0, 0.05) is 18.8 Å². The first kappa shape index (κ1) is 14.9. The van der Waals surface area contributed by atoms with Crippen LogP contribution in [0, 0.1) is 12.8 Å². The van der Waals surface area contributed by atoms with Crippen molar-refractivity contribution in [2.24, 2.45) is 13.0 Å². The number of methoxy groups -OCH3 is 1. The number of nitrogens with one attached hydrogen (secondary N) is 1. The average molecular weight is 309 g/mol. The maximum atomic E-state index is 12.5. The van der Waals surface area contributed by atoms with Crippen LogP contribution >= 0.6 is 11.8 Å². The highest BCUT2D eigenvalue weighted by atomic mass is 32.2. The Bertz CT molecular complexity index is 537. The summed E-state index contributed by atoms with van der Waals surface area (Å²) < 4.78 is 7.01. The van der Waals surface area contributed by atoms with Crippen molar-refractivity contribution in [2.75, 3.05) is 12.9 Å². The molecule has 2 saturated carbocycles. The largest absolute Gasteiger partial charge is 0.468 e. The minimum atomic E-state index is -0.529. The van der Waals surface area contributed by atoms with Crippen LogP contribution in [0.4, 0.5) is 0 Å². The molecule has 0 radical (unpaired) electrons. The molecule has 3 rings (SSSR count). The molecule has 116 valence electrons. The van der Waals surface area contributed by atoms with E-state index in [1.54, 1.807) is 11.8 Å². The number of hydrogen-bond acceptors (Lipinski definition) is 5. The number of carbonyl (C=O) groups excluding carboxylic acids is 1. The second kappa shape index (κ2) is 5.65. The Morgan fingerprint density at radius 3 is 2.71 bits per heavy atom. The monoisotopic (exact) mass is 309 g/mol. The summed E-state index contributed by atoms with van der Waals surface area (Å²) in [6.07, 6.45) is 4.56. The molecule has 1 N–H and O–H groups in total. The van der Waals surface area contributed by atoms with Gasteiger partial charge in [-0.3, -0.25) is 14.8 Å². The van der Waals surface area contributed by atoms with Crippen LogP contribution in [0.2, 0.25) is 0 Å². The van der Waals surface area contributed by atoms with Crippen LogP contribution in [0.15, 0.2) is 11.1 Å². The minimum absolute atomic E-state index is 0.108. The van der Waals surface area contributed by atoms with Gasteiger partial charge < -0.3 is 4.74 Å². The van der Waals surface area contributed by atoms with Gasteiger partial charge in [0.25, 0.3) is 0 Å². The summed E-state index contributed by atoms with van der Waals surface area (Å²) >= 11 is 1.69. The smallest absolute Gasteiger partial charge is 0.327 e. The lowest BCUT2D eigenvalue weighted by Crippen LogP contribution is -2.57. The molecule has 5 nitrogen and oxygen atoms in total.